The van der Waals surface area contributed by atoms with Gasteiger partial charge in [-0.05, 0) is 54.8 Å². The summed E-state index contributed by atoms with van der Waals surface area (Å²) < 4.78 is 0. The molecule has 1 aromatic heterocycles. The molecule has 0 radical (unpaired) electrons. The smallest absolute Gasteiger partial charge is 0.224 e. The van der Waals surface area contributed by atoms with E-state index in [0.717, 1.165) is 43.9 Å². The van der Waals surface area contributed by atoms with Crippen LogP contribution in [-0.4, -0.2) is 34.9 Å². The molecule has 0 unspecified atom stereocenters. The summed E-state index contributed by atoms with van der Waals surface area (Å²) in [6, 6.07) is 12.7. The third kappa shape index (κ3) is 5.29. The minimum atomic E-state index is 0.0438. The zero-order chi connectivity index (χ0) is 17.5. The van der Waals surface area contributed by atoms with Gasteiger partial charge in [-0.3, -0.25) is 14.7 Å². The van der Waals surface area contributed by atoms with Crippen molar-refractivity contribution in [3.63, 3.8) is 0 Å². The van der Waals surface area contributed by atoms with Crippen LogP contribution in [-0.2, 0) is 11.3 Å². The van der Waals surface area contributed by atoms with Gasteiger partial charge in [-0.1, -0.05) is 6.92 Å². The zero-order valence-corrected chi connectivity index (χ0v) is 14.7. The highest BCUT2D eigenvalue weighted by Crippen LogP contribution is 2.20. The second-order valence-corrected chi connectivity index (χ2v) is 6.53. The first kappa shape index (κ1) is 17.4. The third-order valence-electron chi connectivity index (χ3n) is 4.60. The molecular formula is C20H26N4O. The van der Waals surface area contributed by atoms with Crippen LogP contribution < -0.4 is 10.6 Å². The summed E-state index contributed by atoms with van der Waals surface area (Å²) in [5.41, 5.74) is 3.29. The largest absolute Gasteiger partial charge is 0.382 e. The molecule has 0 saturated carbocycles. The molecule has 2 N–H and O–H groups in total. The molecule has 0 bridgehead atoms. The summed E-state index contributed by atoms with van der Waals surface area (Å²) in [5.74, 6) is 0.0438. The lowest BCUT2D eigenvalue weighted by molar-refractivity contribution is -0.115. The molecular weight excluding hydrogens is 312 g/mol. The van der Waals surface area contributed by atoms with Crippen LogP contribution in [0.25, 0.3) is 0 Å². The number of nitrogens with zero attached hydrogens (tertiary/aromatic N) is 2. The number of carbonyl (C=O) groups is 1. The molecule has 1 aromatic carbocycles. The van der Waals surface area contributed by atoms with Crippen molar-refractivity contribution in [3.05, 3.63) is 54.4 Å². The number of pyridine rings is 1. The van der Waals surface area contributed by atoms with Crippen molar-refractivity contribution in [1.29, 1.82) is 0 Å². The van der Waals surface area contributed by atoms with Crippen molar-refractivity contribution in [3.8, 4) is 0 Å². The molecule has 1 fully saturated rings. The molecule has 5 heteroatoms. The number of hydrogen-bond donors (Lipinski definition) is 2. The van der Waals surface area contributed by atoms with E-state index in [1.165, 1.54) is 5.56 Å². The first-order valence-electron chi connectivity index (χ1n) is 9.00. The lowest BCUT2D eigenvalue weighted by Gasteiger charge is -2.32. The van der Waals surface area contributed by atoms with Gasteiger partial charge >= 0.3 is 0 Å². The molecule has 2 aromatic rings. The van der Waals surface area contributed by atoms with Gasteiger partial charge in [-0.25, -0.2) is 0 Å². The van der Waals surface area contributed by atoms with E-state index in [2.05, 4.69) is 32.7 Å². The molecule has 0 atom stereocenters. The van der Waals surface area contributed by atoms with Crippen LogP contribution in [0.2, 0.25) is 0 Å². The first-order valence-corrected chi connectivity index (χ1v) is 9.00. The summed E-state index contributed by atoms with van der Waals surface area (Å²) in [5, 5.41) is 6.48. The highest BCUT2D eigenvalue weighted by Gasteiger charge is 2.19. The summed E-state index contributed by atoms with van der Waals surface area (Å²) in [6.07, 6.45) is 6.49. The molecule has 0 aliphatic carbocycles. The Balaban J connectivity index is 1.45. The SMILES string of the molecule is CCC(=O)Nc1ccc(NC2CCN(Cc3ccncc3)CC2)cc1. The molecule has 132 valence electrons. The number of piperidine rings is 1. The van der Waals surface area contributed by atoms with Gasteiger partial charge in [0.25, 0.3) is 0 Å². The van der Waals surface area contributed by atoms with Gasteiger partial charge in [-0.2, -0.15) is 0 Å². The standard InChI is InChI=1S/C20H26N4O/c1-2-20(25)23-18-5-3-17(4-6-18)22-19-9-13-24(14-10-19)15-16-7-11-21-12-8-16/h3-8,11-12,19,22H,2,9-10,13-15H2,1H3,(H,23,25). The van der Waals surface area contributed by atoms with Crippen molar-refractivity contribution < 1.29 is 4.79 Å². The van der Waals surface area contributed by atoms with Gasteiger partial charge in [0.2, 0.25) is 5.91 Å². The molecule has 3 rings (SSSR count). The third-order valence-corrected chi connectivity index (χ3v) is 4.60. The Hall–Kier alpha value is -2.40. The minimum Gasteiger partial charge on any atom is -0.382 e. The van der Waals surface area contributed by atoms with Gasteiger partial charge in [0.05, 0.1) is 0 Å². The van der Waals surface area contributed by atoms with Gasteiger partial charge in [0.15, 0.2) is 0 Å². The zero-order valence-electron chi connectivity index (χ0n) is 14.7. The Kier molecular flexibility index (Phi) is 6.01. The van der Waals surface area contributed by atoms with Crippen molar-refractivity contribution in [2.75, 3.05) is 23.7 Å². The topological polar surface area (TPSA) is 57.3 Å². The molecule has 1 saturated heterocycles. The number of hydrogen-bond acceptors (Lipinski definition) is 4. The normalized spacial score (nSPS) is 15.7. The average Bonchev–Trinajstić information content (AvgIpc) is 2.66. The van der Waals surface area contributed by atoms with Crippen LogP contribution in [0.15, 0.2) is 48.8 Å². The van der Waals surface area contributed by atoms with Crippen LogP contribution in [0, 0.1) is 0 Å². The van der Waals surface area contributed by atoms with Crippen LogP contribution in [0.5, 0.6) is 0 Å². The van der Waals surface area contributed by atoms with Crippen LogP contribution in [0.3, 0.4) is 0 Å². The fourth-order valence-corrected chi connectivity index (χ4v) is 3.12. The number of anilines is 2. The Morgan fingerprint density at radius 2 is 1.72 bits per heavy atom. The van der Waals surface area contributed by atoms with E-state index in [9.17, 15) is 4.79 Å². The van der Waals surface area contributed by atoms with Gasteiger partial charge in [0, 0.05) is 55.9 Å². The van der Waals surface area contributed by atoms with Crippen LogP contribution in [0.1, 0.15) is 31.7 Å². The fraction of sp³-hybridized carbons (Fsp3) is 0.400. The van der Waals surface area contributed by atoms with E-state index < -0.39 is 0 Å². The van der Waals surface area contributed by atoms with E-state index >= 15 is 0 Å². The highest BCUT2D eigenvalue weighted by molar-refractivity contribution is 5.90. The maximum atomic E-state index is 11.4. The van der Waals surface area contributed by atoms with Crippen molar-refractivity contribution in [2.24, 2.45) is 0 Å². The molecule has 25 heavy (non-hydrogen) atoms. The van der Waals surface area contributed by atoms with Crippen molar-refractivity contribution >= 4 is 17.3 Å². The van der Waals surface area contributed by atoms with E-state index in [4.69, 9.17) is 0 Å². The number of likely N-dealkylation sites (tertiary alicyclic amines) is 1. The lowest BCUT2D eigenvalue weighted by atomic mass is 10.0. The fourth-order valence-electron chi connectivity index (χ4n) is 3.12. The number of nitrogens with one attached hydrogen (secondary N) is 2. The highest BCUT2D eigenvalue weighted by atomic mass is 16.1. The number of amides is 1. The Labute approximate surface area is 149 Å². The second-order valence-electron chi connectivity index (χ2n) is 6.53. The van der Waals surface area contributed by atoms with Gasteiger partial charge in [0.1, 0.15) is 0 Å². The first-order chi connectivity index (χ1) is 12.2. The summed E-state index contributed by atoms with van der Waals surface area (Å²) in [6.45, 7) is 5.06. The number of aromatic nitrogens is 1. The van der Waals surface area contributed by atoms with E-state index in [0.29, 0.717) is 12.5 Å². The number of carbonyl (C=O) groups excluding carboxylic acids is 1. The minimum absolute atomic E-state index is 0.0438. The lowest BCUT2D eigenvalue weighted by Crippen LogP contribution is -2.38. The molecule has 1 amide bonds. The Morgan fingerprint density at radius 3 is 2.36 bits per heavy atom. The quantitative estimate of drug-likeness (QED) is 0.846. The van der Waals surface area contributed by atoms with Crippen molar-refractivity contribution in [1.82, 2.24) is 9.88 Å². The molecule has 1 aliphatic heterocycles. The monoisotopic (exact) mass is 338 g/mol. The molecule has 1 aliphatic rings. The molecule has 5 nitrogen and oxygen atoms in total. The Bertz CT molecular complexity index is 664. The molecule has 2 heterocycles. The van der Waals surface area contributed by atoms with Crippen molar-refractivity contribution in [2.45, 2.75) is 38.8 Å². The van der Waals surface area contributed by atoms with E-state index in [-0.39, 0.29) is 5.91 Å². The van der Waals surface area contributed by atoms with Crippen LogP contribution >= 0.6 is 0 Å². The number of rotatable bonds is 6. The predicted molar refractivity (Wildman–Crippen MR) is 102 cm³/mol. The summed E-state index contributed by atoms with van der Waals surface area (Å²) >= 11 is 0. The molecule has 0 spiro atoms. The maximum Gasteiger partial charge on any atom is 0.224 e. The summed E-state index contributed by atoms with van der Waals surface area (Å²) in [4.78, 5) is 18.0. The Morgan fingerprint density at radius 1 is 1.08 bits per heavy atom. The van der Waals surface area contributed by atoms with E-state index in [1.807, 2.05) is 43.6 Å². The number of benzene rings is 1. The van der Waals surface area contributed by atoms with E-state index in [1.54, 1.807) is 0 Å². The summed E-state index contributed by atoms with van der Waals surface area (Å²) in [7, 11) is 0. The predicted octanol–water partition coefficient (Wildman–Crippen LogP) is 3.51. The average molecular weight is 338 g/mol. The van der Waals surface area contributed by atoms with Gasteiger partial charge < -0.3 is 10.6 Å². The second kappa shape index (κ2) is 8.62. The van der Waals surface area contributed by atoms with Crippen LogP contribution in [0.4, 0.5) is 11.4 Å². The maximum absolute atomic E-state index is 11.4. The van der Waals surface area contributed by atoms with Gasteiger partial charge in [-0.15, -0.1) is 0 Å².